The van der Waals surface area contributed by atoms with Crippen molar-refractivity contribution in [3.8, 4) is 0 Å². The molecule has 1 heterocycles. The summed E-state index contributed by atoms with van der Waals surface area (Å²) in [5.74, 6) is 0.765. The van der Waals surface area contributed by atoms with Gasteiger partial charge in [-0.1, -0.05) is 0 Å². The van der Waals surface area contributed by atoms with Crippen LogP contribution >= 0.6 is 0 Å². The van der Waals surface area contributed by atoms with Crippen molar-refractivity contribution in [3.63, 3.8) is 0 Å². The molecule has 5 nitrogen and oxygen atoms in total. The number of carbonyl (C=O) groups is 1. The van der Waals surface area contributed by atoms with Crippen LogP contribution < -0.4 is 5.32 Å². The lowest BCUT2D eigenvalue weighted by Gasteiger charge is -2.13. The number of hydrogen-bond acceptors (Lipinski definition) is 4. The van der Waals surface area contributed by atoms with Gasteiger partial charge in [-0.3, -0.25) is 4.79 Å². The molecule has 5 heteroatoms. The van der Waals surface area contributed by atoms with Crippen LogP contribution in [0.25, 0.3) is 0 Å². The molecule has 1 aromatic rings. The van der Waals surface area contributed by atoms with Gasteiger partial charge in [-0.15, -0.1) is 0 Å². The molecular formula is C11H17NO4. The van der Waals surface area contributed by atoms with Crippen molar-refractivity contribution in [1.29, 1.82) is 0 Å². The molecule has 0 saturated carbocycles. The average Bonchev–Trinajstić information content (AvgIpc) is 2.80. The van der Waals surface area contributed by atoms with Gasteiger partial charge in [0.05, 0.1) is 12.8 Å². The number of amides is 1. The molecule has 0 unspecified atom stereocenters. The summed E-state index contributed by atoms with van der Waals surface area (Å²) in [7, 11) is 3.06. The van der Waals surface area contributed by atoms with Crippen molar-refractivity contribution in [3.05, 3.63) is 24.2 Å². The predicted octanol–water partition coefficient (Wildman–Crippen LogP) is 0.947. The number of hydrogen-bond donors (Lipinski definition) is 1. The molecule has 0 saturated heterocycles. The molecule has 0 aliphatic carbocycles. The quantitative estimate of drug-likeness (QED) is 0.704. The van der Waals surface area contributed by atoms with Crippen LogP contribution in [0.1, 0.15) is 12.2 Å². The maximum atomic E-state index is 11.4. The highest BCUT2D eigenvalue weighted by Gasteiger charge is 2.08. The molecule has 0 bridgehead atoms. The van der Waals surface area contributed by atoms with Crippen molar-refractivity contribution in [2.45, 2.75) is 19.1 Å². The molecule has 1 rings (SSSR count). The Morgan fingerprint density at radius 1 is 1.50 bits per heavy atom. The fraction of sp³-hybridized carbons (Fsp3) is 0.545. The van der Waals surface area contributed by atoms with Crippen molar-refractivity contribution in [2.75, 3.05) is 20.8 Å². The highest BCUT2D eigenvalue weighted by atomic mass is 16.7. The molecule has 90 valence electrons. The van der Waals surface area contributed by atoms with E-state index < -0.39 is 6.29 Å². The van der Waals surface area contributed by atoms with E-state index in [1.807, 2.05) is 6.07 Å². The van der Waals surface area contributed by atoms with E-state index in [0.717, 1.165) is 5.76 Å². The third-order valence-electron chi connectivity index (χ3n) is 2.17. The molecule has 0 atom stereocenters. The fourth-order valence-corrected chi connectivity index (χ4v) is 1.24. The third kappa shape index (κ3) is 4.46. The van der Waals surface area contributed by atoms with E-state index in [1.165, 1.54) is 14.2 Å². The fourth-order valence-electron chi connectivity index (χ4n) is 1.24. The third-order valence-corrected chi connectivity index (χ3v) is 2.17. The zero-order valence-electron chi connectivity index (χ0n) is 9.56. The van der Waals surface area contributed by atoms with Gasteiger partial charge in [0.25, 0.3) is 0 Å². The molecule has 0 aliphatic heterocycles. The standard InChI is InChI=1S/C11H17NO4/c1-14-11(15-2)8-12-10(13)6-5-9-4-3-7-16-9/h3-4,7,11H,5-6,8H2,1-2H3,(H,12,13). The Labute approximate surface area is 94.7 Å². The van der Waals surface area contributed by atoms with E-state index in [4.69, 9.17) is 13.9 Å². The van der Waals surface area contributed by atoms with Crippen LogP contribution in [0.5, 0.6) is 0 Å². The molecule has 0 aromatic carbocycles. The number of carbonyl (C=O) groups excluding carboxylic acids is 1. The minimum atomic E-state index is -0.396. The van der Waals surface area contributed by atoms with Crippen LogP contribution in [0.3, 0.4) is 0 Å². The summed E-state index contributed by atoms with van der Waals surface area (Å²) >= 11 is 0. The summed E-state index contributed by atoms with van der Waals surface area (Å²) in [5.41, 5.74) is 0. The minimum Gasteiger partial charge on any atom is -0.469 e. The number of ether oxygens (including phenoxy) is 2. The first-order valence-corrected chi connectivity index (χ1v) is 5.11. The Bertz CT molecular complexity index is 293. The summed E-state index contributed by atoms with van der Waals surface area (Å²) in [5, 5.41) is 2.72. The Morgan fingerprint density at radius 2 is 2.25 bits per heavy atom. The van der Waals surface area contributed by atoms with Crippen molar-refractivity contribution in [2.24, 2.45) is 0 Å². The normalized spacial score (nSPS) is 10.7. The van der Waals surface area contributed by atoms with Crippen molar-refractivity contribution in [1.82, 2.24) is 5.32 Å². The van der Waals surface area contributed by atoms with E-state index >= 15 is 0 Å². The van der Waals surface area contributed by atoms with Gasteiger partial charge < -0.3 is 19.2 Å². The largest absolute Gasteiger partial charge is 0.469 e. The second-order valence-electron chi connectivity index (χ2n) is 3.28. The first kappa shape index (κ1) is 12.7. The lowest BCUT2D eigenvalue weighted by Crippen LogP contribution is -2.34. The Balaban J connectivity index is 2.16. The van der Waals surface area contributed by atoms with Crippen LogP contribution in [0.2, 0.25) is 0 Å². The summed E-state index contributed by atoms with van der Waals surface area (Å²) in [4.78, 5) is 11.4. The maximum absolute atomic E-state index is 11.4. The Kier molecular flexibility index (Phi) is 5.60. The number of furan rings is 1. The van der Waals surface area contributed by atoms with Gasteiger partial charge in [0, 0.05) is 27.1 Å². The summed E-state index contributed by atoms with van der Waals surface area (Å²) < 4.78 is 15.0. The Hall–Kier alpha value is -1.33. The van der Waals surface area contributed by atoms with Gasteiger partial charge in [-0.05, 0) is 12.1 Å². The van der Waals surface area contributed by atoms with Gasteiger partial charge in [0.15, 0.2) is 6.29 Å². The summed E-state index contributed by atoms with van der Waals surface area (Å²) in [6, 6.07) is 3.65. The second kappa shape index (κ2) is 7.03. The van der Waals surface area contributed by atoms with Gasteiger partial charge in [0.1, 0.15) is 5.76 Å². The molecule has 1 amide bonds. The number of aryl methyl sites for hydroxylation is 1. The van der Waals surface area contributed by atoms with Crippen LogP contribution in [0.15, 0.2) is 22.8 Å². The number of rotatable bonds is 7. The molecule has 0 fully saturated rings. The molecular weight excluding hydrogens is 210 g/mol. The van der Waals surface area contributed by atoms with Crippen LogP contribution in [0, 0.1) is 0 Å². The van der Waals surface area contributed by atoms with Gasteiger partial charge in [-0.25, -0.2) is 0 Å². The highest BCUT2D eigenvalue weighted by molar-refractivity contribution is 5.76. The Morgan fingerprint density at radius 3 is 2.81 bits per heavy atom. The van der Waals surface area contributed by atoms with Crippen molar-refractivity contribution < 1.29 is 18.7 Å². The highest BCUT2D eigenvalue weighted by Crippen LogP contribution is 2.03. The van der Waals surface area contributed by atoms with E-state index in [0.29, 0.717) is 19.4 Å². The summed E-state index contributed by atoms with van der Waals surface area (Å²) in [6.45, 7) is 0.351. The number of methoxy groups -OCH3 is 2. The number of nitrogens with one attached hydrogen (secondary N) is 1. The average molecular weight is 227 g/mol. The SMILES string of the molecule is COC(CNC(=O)CCc1ccco1)OC. The van der Waals surface area contributed by atoms with Crippen LogP contribution in [-0.4, -0.2) is 33.0 Å². The minimum absolute atomic E-state index is 0.0458. The van der Waals surface area contributed by atoms with Gasteiger partial charge in [-0.2, -0.15) is 0 Å². The lowest BCUT2D eigenvalue weighted by molar-refractivity contribution is -0.127. The molecule has 1 aromatic heterocycles. The van der Waals surface area contributed by atoms with Crippen LogP contribution in [-0.2, 0) is 20.7 Å². The topological polar surface area (TPSA) is 60.7 Å². The molecule has 16 heavy (non-hydrogen) atoms. The zero-order valence-corrected chi connectivity index (χ0v) is 9.56. The van der Waals surface area contributed by atoms with Gasteiger partial charge >= 0.3 is 0 Å². The first-order valence-electron chi connectivity index (χ1n) is 5.11. The summed E-state index contributed by atoms with van der Waals surface area (Å²) in [6.07, 6.45) is 2.20. The van der Waals surface area contributed by atoms with Crippen LogP contribution in [0.4, 0.5) is 0 Å². The monoisotopic (exact) mass is 227 g/mol. The van der Waals surface area contributed by atoms with E-state index in [2.05, 4.69) is 5.32 Å². The molecule has 0 aliphatic rings. The van der Waals surface area contributed by atoms with E-state index in [1.54, 1.807) is 12.3 Å². The molecule has 0 spiro atoms. The maximum Gasteiger partial charge on any atom is 0.220 e. The molecule has 0 radical (unpaired) electrons. The zero-order chi connectivity index (χ0) is 11.8. The molecule has 1 N–H and O–H groups in total. The second-order valence-corrected chi connectivity index (χ2v) is 3.28. The van der Waals surface area contributed by atoms with Crippen molar-refractivity contribution >= 4 is 5.91 Å². The smallest absolute Gasteiger partial charge is 0.220 e. The van der Waals surface area contributed by atoms with Gasteiger partial charge in [0.2, 0.25) is 5.91 Å². The van der Waals surface area contributed by atoms with E-state index in [-0.39, 0.29) is 5.91 Å². The lowest BCUT2D eigenvalue weighted by atomic mass is 10.2. The van der Waals surface area contributed by atoms with E-state index in [9.17, 15) is 4.79 Å². The first-order chi connectivity index (χ1) is 7.76. The predicted molar refractivity (Wildman–Crippen MR) is 57.8 cm³/mol.